The normalized spacial score (nSPS) is 40.7. The van der Waals surface area contributed by atoms with Gasteiger partial charge in [-0.05, 0) is 52.5 Å². The first kappa shape index (κ1) is 15.8. The number of rotatable bonds is 3. The predicted molar refractivity (Wildman–Crippen MR) is 80.8 cm³/mol. The van der Waals surface area contributed by atoms with Gasteiger partial charge in [0.2, 0.25) is 0 Å². The first-order valence-electron chi connectivity index (χ1n) is 8.02. The molecule has 4 nitrogen and oxygen atoms in total. The van der Waals surface area contributed by atoms with Gasteiger partial charge in [0.05, 0.1) is 5.41 Å². The van der Waals surface area contributed by atoms with E-state index in [0.717, 1.165) is 45.3 Å². The van der Waals surface area contributed by atoms with E-state index < -0.39 is 11.4 Å². The minimum absolute atomic E-state index is 0.498. The topological polar surface area (TPSA) is 43.8 Å². The second kappa shape index (κ2) is 6.02. The molecule has 0 aromatic carbocycles. The van der Waals surface area contributed by atoms with Crippen LogP contribution in [-0.2, 0) is 4.79 Å². The van der Waals surface area contributed by atoms with Gasteiger partial charge in [0.25, 0.3) is 0 Å². The van der Waals surface area contributed by atoms with E-state index in [0.29, 0.717) is 18.0 Å². The van der Waals surface area contributed by atoms with Crippen LogP contribution in [0.4, 0.5) is 0 Å². The van der Waals surface area contributed by atoms with E-state index in [1.807, 2.05) is 0 Å². The fourth-order valence-corrected chi connectivity index (χ4v) is 3.83. The second-order valence-corrected chi connectivity index (χ2v) is 7.33. The van der Waals surface area contributed by atoms with Crippen LogP contribution in [0.3, 0.4) is 0 Å². The van der Waals surface area contributed by atoms with Gasteiger partial charge in [0, 0.05) is 31.7 Å². The average Bonchev–Trinajstić information content (AvgIpc) is 2.38. The van der Waals surface area contributed by atoms with Gasteiger partial charge < -0.3 is 5.11 Å². The molecular formula is C16H30N2O2. The standard InChI is InChI=1S/C16H30N2O2/c1-12-5-7-16(8-6-12,15(19)20)11-18-9-13(2)17(4)14(3)10-18/h12-14H,5-11H2,1-4H3,(H,19,20). The summed E-state index contributed by atoms with van der Waals surface area (Å²) in [6, 6.07) is 1.01. The van der Waals surface area contributed by atoms with Crippen LogP contribution in [-0.4, -0.2) is 59.6 Å². The minimum atomic E-state index is -0.580. The lowest BCUT2D eigenvalue weighted by atomic mass is 9.70. The van der Waals surface area contributed by atoms with Crippen molar-refractivity contribution in [3.8, 4) is 0 Å². The predicted octanol–water partition coefficient (Wildman–Crippen LogP) is 2.29. The van der Waals surface area contributed by atoms with Gasteiger partial charge in [-0.25, -0.2) is 0 Å². The lowest BCUT2D eigenvalue weighted by Crippen LogP contribution is -2.58. The van der Waals surface area contributed by atoms with Crippen molar-refractivity contribution in [3.63, 3.8) is 0 Å². The van der Waals surface area contributed by atoms with Crippen LogP contribution in [0, 0.1) is 11.3 Å². The molecule has 0 aromatic heterocycles. The van der Waals surface area contributed by atoms with Crippen molar-refractivity contribution >= 4 is 5.97 Å². The zero-order valence-corrected chi connectivity index (χ0v) is 13.4. The molecule has 1 N–H and O–H groups in total. The molecule has 1 saturated heterocycles. The van der Waals surface area contributed by atoms with Gasteiger partial charge in [0.15, 0.2) is 0 Å². The summed E-state index contributed by atoms with van der Waals surface area (Å²) in [5.74, 6) is 0.108. The van der Waals surface area contributed by atoms with Crippen molar-refractivity contribution in [3.05, 3.63) is 0 Å². The van der Waals surface area contributed by atoms with Crippen LogP contribution >= 0.6 is 0 Å². The maximum atomic E-state index is 11.8. The summed E-state index contributed by atoms with van der Waals surface area (Å²) in [6.07, 6.45) is 3.81. The molecule has 0 amide bonds. The Labute approximate surface area is 123 Å². The Hall–Kier alpha value is -0.610. The first-order chi connectivity index (χ1) is 9.34. The zero-order valence-electron chi connectivity index (χ0n) is 13.4. The molecule has 0 radical (unpaired) electrons. The number of hydrogen-bond acceptors (Lipinski definition) is 3. The molecule has 20 heavy (non-hydrogen) atoms. The Kier molecular flexibility index (Phi) is 4.75. The van der Waals surface area contributed by atoms with E-state index in [-0.39, 0.29) is 0 Å². The van der Waals surface area contributed by atoms with E-state index >= 15 is 0 Å². The summed E-state index contributed by atoms with van der Waals surface area (Å²) in [5.41, 5.74) is -0.498. The third-order valence-electron chi connectivity index (χ3n) is 5.65. The molecule has 2 aliphatic rings. The van der Waals surface area contributed by atoms with E-state index in [9.17, 15) is 9.90 Å². The molecule has 2 atom stereocenters. The highest BCUT2D eigenvalue weighted by molar-refractivity contribution is 5.75. The zero-order chi connectivity index (χ0) is 14.9. The number of piperazine rings is 1. The van der Waals surface area contributed by atoms with E-state index in [1.165, 1.54) is 0 Å². The van der Waals surface area contributed by atoms with E-state index in [4.69, 9.17) is 0 Å². The highest BCUT2D eigenvalue weighted by Gasteiger charge is 2.43. The van der Waals surface area contributed by atoms with Crippen molar-refractivity contribution in [1.29, 1.82) is 0 Å². The van der Waals surface area contributed by atoms with Gasteiger partial charge in [0.1, 0.15) is 0 Å². The molecule has 2 rings (SSSR count). The molecule has 1 aliphatic heterocycles. The average molecular weight is 282 g/mol. The summed E-state index contributed by atoms with van der Waals surface area (Å²) >= 11 is 0. The Morgan fingerprint density at radius 1 is 1.15 bits per heavy atom. The molecule has 2 unspecified atom stereocenters. The van der Waals surface area contributed by atoms with Gasteiger partial charge in [-0.15, -0.1) is 0 Å². The number of carbonyl (C=O) groups is 1. The third kappa shape index (κ3) is 3.17. The van der Waals surface area contributed by atoms with Crippen LogP contribution in [0.2, 0.25) is 0 Å². The Morgan fingerprint density at radius 2 is 1.65 bits per heavy atom. The van der Waals surface area contributed by atoms with Crippen molar-refractivity contribution in [1.82, 2.24) is 9.80 Å². The van der Waals surface area contributed by atoms with Gasteiger partial charge in [-0.2, -0.15) is 0 Å². The van der Waals surface area contributed by atoms with Gasteiger partial charge in [-0.3, -0.25) is 14.6 Å². The van der Waals surface area contributed by atoms with E-state index in [1.54, 1.807) is 0 Å². The minimum Gasteiger partial charge on any atom is -0.481 e. The number of carboxylic acid groups (broad SMARTS) is 1. The number of aliphatic carboxylic acids is 1. The molecule has 0 spiro atoms. The highest BCUT2D eigenvalue weighted by atomic mass is 16.4. The maximum Gasteiger partial charge on any atom is 0.310 e. The van der Waals surface area contributed by atoms with Crippen LogP contribution < -0.4 is 0 Å². The van der Waals surface area contributed by atoms with Crippen molar-refractivity contribution in [2.45, 2.75) is 58.5 Å². The monoisotopic (exact) mass is 282 g/mol. The van der Waals surface area contributed by atoms with Crippen molar-refractivity contribution in [2.24, 2.45) is 11.3 Å². The third-order valence-corrected chi connectivity index (χ3v) is 5.65. The number of likely N-dealkylation sites (N-methyl/N-ethyl adjacent to an activating group) is 1. The number of nitrogens with zero attached hydrogens (tertiary/aromatic N) is 2. The van der Waals surface area contributed by atoms with Crippen LogP contribution in [0.1, 0.15) is 46.5 Å². The SMILES string of the molecule is CC1CCC(CN2CC(C)N(C)C(C)C2)(C(=O)O)CC1. The molecule has 1 aliphatic carbocycles. The quantitative estimate of drug-likeness (QED) is 0.862. The van der Waals surface area contributed by atoms with Crippen LogP contribution in [0.25, 0.3) is 0 Å². The summed E-state index contributed by atoms with van der Waals surface area (Å²) in [6.45, 7) is 9.43. The fourth-order valence-electron chi connectivity index (χ4n) is 3.83. The van der Waals surface area contributed by atoms with Crippen molar-refractivity contribution in [2.75, 3.05) is 26.7 Å². The lowest BCUT2D eigenvalue weighted by Gasteiger charge is -2.46. The first-order valence-corrected chi connectivity index (χ1v) is 8.02. The Balaban J connectivity index is 2.04. The van der Waals surface area contributed by atoms with Gasteiger partial charge in [-0.1, -0.05) is 6.92 Å². The summed E-state index contributed by atoms with van der Waals surface area (Å²) in [4.78, 5) is 16.6. The van der Waals surface area contributed by atoms with E-state index in [2.05, 4.69) is 37.6 Å². The molecule has 2 fully saturated rings. The summed E-state index contributed by atoms with van der Waals surface area (Å²) in [7, 11) is 2.17. The van der Waals surface area contributed by atoms with Crippen molar-refractivity contribution < 1.29 is 9.90 Å². The molecule has 1 heterocycles. The maximum absolute atomic E-state index is 11.8. The Bertz CT molecular complexity index is 338. The molecular weight excluding hydrogens is 252 g/mol. The van der Waals surface area contributed by atoms with Crippen LogP contribution in [0.15, 0.2) is 0 Å². The van der Waals surface area contributed by atoms with Crippen LogP contribution in [0.5, 0.6) is 0 Å². The largest absolute Gasteiger partial charge is 0.481 e. The highest BCUT2D eigenvalue weighted by Crippen LogP contribution is 2.40. The smallest absolute Gasteiger partial charge is 0.310 e. The molecule has 116 valence electrons. The molecule has 1 saturated carbocycles. The molecule has 0 bridgehead atoms. The molecule has 4 heteroatoms. The second-order valence-electron chi connectivity index (χ2n) is 7.33. The summed E-state index contributed by atoms with van der Waals surface area (Å²) < 4.78 is 0. The van der Waals surface area contributed by atoms with Gasteiger partial charge >= 0.3 is 5.97 Å². The number of carboxylic acids is 1. The Morgan fingerprint density at radius 3 is 2.10 bits per heavy atom. The molecule has 0 aromatic rings. The lowest BCUT2D eigenvalue weighted by molar-refractivity contribution is -0.154. The fraction of sp³-hybridized carbons (Fsp3) is 0.938. The summed E-state index contributed by atoms with van der Waals surface area (Å²) in [5, 5.41) is 9.75. The number of hydrogen-bond donors (Lipinski definition) is 1.